The number of nitrogens with zero attached hydrogens (tertiary/aromatic N) is 2. The highest BCUT2D eigenvalue weighted by Crippen LogP contribution is 2.23. The molecule has 2 aromatic heterocycles. The number of rotatable bonds is 6. The average molecular weight is 369 g/mol. The van der Waals surface area contributed by atoms with Gasteiger partial charge in [0, 0.05) is 24.2 Å². The number of H-pyrrole nitrogens is 1. The number of anilines is 1. The summed E-state index contributed by atoms with van der Waals surface area (Å²) < 4.78 is 0. The van der Waals surface area contributed by atoms with Crippen molar-refractivity contribution in [3.8, 4) is 11.4 Å². The van der Waals surface area contributed by atoms with Gasteiger partial charge in [0.25, 0.3) is 5.91 Å². The summed E-state index contributed by atoms with van der Waals surface area (Å²) in [6, 6.07) is 9.24. The van der Waals surface area contributed by atoms with Gasteiger partial charge in [-0.15, -0.1) is 11.3 Å². The van der Waals surface area contributed by atoms with Crippen LogP contribution in [-0.4, -0.2) is 33.5 Å². The third-order valence-electron chi connectivity index (χ3n) is 3.75. The number of aromatic amines is 1. The molecule has 0 radical (unpaired) electrons. The highest BCUT2D eigenvalue weighted by molar-refractivity contribution is 7.12. The van der Waals surface area contributed by atoms with Gasteiger partial charge in [-0.1, -0.05) is 18.2 Å². The van der Waals surface area contributed by atoms with Crippen molar-refractivity contribution in [1.29, 1.82) is 0 Å². The van der Waals surface area contributed by atoms with E-state index >= 15 is 0 Å². The van der Waals surface area contributed by atoms with Gasteiger partial charge in [-0.05, 0) is 36.9 Å². The predicted octanol–water partition coefficient (Wildman–Crippen LogP) is 2.91. The highest BCUT2D eigenvalue weighted by atomic mass is 32.1. The van der Waals surface area contributed by atoms with Crippen LogP contribution in [0.15, 0.2) is 35.7 Å². The zero-order valence-electron chi connectivity index (χ0n) is 14.5. The zero-order valence-corrected chi connectivity index (χ0v) is 15.3. The van der Waals surface area contributed by atoms with Crippen LogP contribution >= 0.6 is 11.3 Å². The first-order chi connectivity index (χ1) is 12.5. The predicted molar refractivity (Wildman–Crippen MR) is 101 cm³/mol. The van der Waals surface area contributed by atoms with E-state index in [9.17, 15) is 9.59 Å². The molecule has 2 amide bonds. The molecule has 0 fully saturated rings. The molecule has 0 aliphatic carbocycles. The molecule has 0 aliphatic heterocycles. The summed E-state index contributed by atoms with van der Waals surface area (Å²) in [5.74, 6) is 0.989. The number of hydrogen-bond acceptors (Lipinski definition) is 5. The Labute approximate surface area is 154 Å². The lowest BCUT2D eigenvalue weighted by molar-refractivity contribution is -0.116. The number of aromatic nitrogens is 3. The molecule has 0 bridgehead atoms. The minimum absolute atomic E-state index is 0.161. The highest BCUT2D eigenvalue weighted by Gasteiger charge is 2.11. The van der Waals surface area contributed by atoms with E-state index in [-0.39, 0.29) is 24.8 Å². The summed E-state index contributed by atoms with van der Waals surface area (Å²) in [6.07, 6.45) is 0.195. The maximum Gasteiger partial charge on any atom is 0.261 e. The van der Waals surface area contributed by atoms with Crippen molar-refractivity contribution in [3.05, 3.63) is 52.0 Å². The maximum absolute atomic E-state index is 12.2. The molecular weight excluding hydrogens is 350 g/mol. The molecule has 2 heterocycles. The van der Waals surface area contributed by atoms with Crippen LogP contribution in [0.2, 0.25) is 0 Å². The topological polar surface area (TPSA) is 99.8 Å². The van der Waals surface area contributed by atoms with Crippen LogP contribution in [0.5, 0.6) is 0 Å². The molecule has 3 rings (SSSR count). The van der Waals surface area contributed by atoms with E-state index < -0.39 is 0 Å². The third-order valence-corrected chi connectivity index (χ3v) is 4.62. The molecule has 0 saturated carbocycles. The SMILES string of the molecule is Cc1nc(-c2ccc(C)c(NC(=O)CCNC(=O)c3cccs3)c2)n[nH]1. The molecule has 0 spiro atoms. The standard InChI is InChI=1S/C18H19N5O2S/c1-11-5-6-13(17-20-12(2)22-23-17)10-14(11)21-16(24)7-8-19-18(25)15-4-3-9-26-15/h3-6,9-10H,7-8H2,1-2H3,(H,19,25)(H,21,24)(H,20,22,23). The van der Waals surface area contributed by atoms with E-state index in [0.717, 1.165) is 17.0 Å². The lowest BCUT2D eigenvalue weighted by Gasteiger charge is -2.10. The minimum atomic E-state index is -0.164. The second-order valence-corrected chi connectivity index (χ2v) is 6.75. The molecule has 8 heteroatoms. The Morgan fingerprint density at radius 2 is 2.08 bits per heavy atom. The van der Waals surface area contributed by atoms with Crippen LogP contribution in [0.4, 0.5) is 5.69 Å². The summed E-state index contributed by atoms with van der Waals surface area (Å²) >= 11 is 1.37. The molecule has 0 saturated heterocycles. The van der Waals surface area contributed by atoms with Crippen molar-refractivity contribution in [3.63, 3.8) is 0 Å². The first-order valence-corrected chi connectivity index (χ1v) is 9.02. The summed E-state index contributed by atoms with van der Waals surface area (Å²) in [5, 5.41) is 14.4. The van der Waals surface area contributed by atoms with Gasteiger partial charge in [-0.2, -0.15) is 5.10 Å². The van der Waals surface area contributed by atoms with Gasteiger partial charge in [0.15, 0.2) is 5.82 Å². The fraction of sp³-hybridized carbons (Fsp3) is 0.222. The van der Waals surface area contributed by atoms with Gasteiger partial charge in [0.1, 0.15) is 5.82 Å². The largest absolute Gasteiger partial charge is 0.351 e. The normalized spacial score (nSPS) is 10.5. The van der Waals surface area contributed by atoms with Crippen LogP contribution < -0.4 is 10.6 Å². The van der Waals surface area contributed by atoms with Crippen molar-refractivity contribution in [2.24, 2.45) is 0 Å². The minimum Gasteiger partial charge on any atom is -0.351 e. The van der Waals surface area contributed by atoms with E-state index in [4.69, 9.17) is 0 Å². The number of benzene rings is 1. The van der Waals surface area contributed by atoms with E-state index in [1.807, 2.05) is 43.5 Å². The van der Waals surface area contributed by atoms with Crippen molar-refractivity contribution < 1.29 is 9.59 Å². The Bertz CT molecular complexity index is 918. The van der Waals surface area contributed by atoms with Crippen LogP contribution in [0, 0.1) is 13.8 Å². The molecule has 1 aromatic carbocycles. The first-order valence-electron chi connectivity index (χ1n) is 8.14. The maximum atomic E-state index is 12.2. The Morgan fingerprint density at radius 3 is 2.77 bits per heavy atom. The first kappa shape index (κ1) is 17.8. The second-order valence-electron chi connectivity index (χ2n) is 5.81. The zero-order chi connectivity index (χ0) is 18.5. The molecule has 7 nitrogen and oxygen atoms in total. The average Bonchev–Trinajstić information content (AvgIpc) is 3.28. The lowest BCUT2D eigenvalue weighted by atomic mass is 10.1. The van der Waals surface area contributed by atoms with Gasteiger partial charge in [0.2, 0.25) is 5.91 Å². The Morgan fingerprint density at radius 1 is 1.23 bits per heavy atom. The van der Waals surface area contributed by atoms with Crippen LogP contribution in [0.1, 0.15) is 27.5 Å². The Balaban J connectivity index is 1.57. The molecule has 0 aliphatic rings. The molecule has 3 N–H and O–H groups in total. The second kappa shape index (κ2) is 7.92. The number of amides is 2. The van der Waals surface area contributed by atoms with Crippen molar-refractivity contribution in [1.82, 2.24) is 20.5 Å². The van der Waals surface area contributed by atoms with Crippen molar-refractivity contribution in [2.75, 3.05) is 11.9 Å². The molecular formula is C18H19N5O2S. The lowest BCUT2D eigenvalue weighted by Crippen LogP contribution is -2.27. The number of nitrogens with one attached hydrogen (secondary N) is 3. The van der Waals surface area contributed by atoms with E-state index in [2.05, 4.69) is 25.8 Å². The summed E-state index contributed by atoms with van der Waals surface area (Å²) in [5.41, 5.74) is 2.47. The number of aryl methyl sites for hydroxylation is 2. The number of carbonyl (C=O) groups excluding carboxylic acids is 2. The Hall–Kier alpha value is -3.00. The van der Waals surface area contributed by atoms with E-state index in [0.29, 0.717) is 16.4 Å². The number of hydrogen-bond donors (Lipinski definition) is 3. The van der Waals surface area contributed by atoms with Crippen molar-refractivity contribution >= 4 is 28.8 Å². The Kier molecular flexibility index (Phi) is 5.43. The third kappa shape index (κ3) is 4.34. The summed E-state index contributed by atoms with van der Waals surface area (Å²) in [4.78, 5) is 29.0. The molecule has 26 heavy (non-hydrogen) atoms. The smallest absolute Gasteiger partial charge is 0.261 e. The summed E-state index contributed by atoms with van der Waals surface area (Å²) in [7, 11) is 0. The fourth-order valence-corrected chi connectivity index (χ4v) is 3.00. The summed E-state index contributed by atoms with van der Waals surface area (Å²) in [6.45, 7) is 4.03. The fourth-order valence-electron chi connectivity index (χ4n) is 2.36. The van der Waals surface area contributed by atoms with E-state index in [1.54, 1.807) is 6.07 Å². The molecule has 3 aromatic rings. The van der Waals surface area contributed by atoms with Gasteiger partial charge in [0.05, 0.1) is 4.88 Å². The van der Waals surface area contributed by atoms with Gasteiger partial charge >= 0.3 is 0 Å². The van der Waals surface area contributed by atoms with Gasteiger partial charge in [-0.3, -0.25) is 14.7 Å². The molecule has 134 valence electrons. The monoisotopic (exact) mass is 369 g/mol. The van der Waals surface area contributed by atoms with Crippen LogP contribution in [0.25, 0.3) is 11.4 Å². The van der Waals surface area contributed by atoms with Crippen LogP contribution in [0.3, 0.4) is 0 Å². The van der Waals surface area contributed by atoms with Gasteiger partial charge in [-0.25, -0.2) is 4.98 Å². The van der Waals surface area contributed by atoms with Gasteiger partial charge < -0.3 is 10.6 Å². The number of thiophene rings is 1. The quantitative estimate of drug-likeness (QED) is 0.622. The number of carbonyl (C=O) groups is 2. The molecule has 0 atom stereocenters. The van der Waals surface area contributed by atoms with Crippen molar-refractivity contribution in [2.45, 2.75) is 20.3 Å². The van der Waals surface area contributed by atoms with E-state index in [1.165, 1.54) is 11.3 Å². The van der Waals surface area contributed by atoms with Crippen LogP contribution in [-0.2, 0) is 4.79 Å². The molecule has 0 unspecified atom stereocenters.